The van der Waals surface area contributed by atoms with Crippen LogP contribution in [0.2, 0.25) is 0 Å². The van der Waals surface area contributed by atoms with Gasteiger partial charge in [0.05, 0.1) is 0 Å². The summed E-state index contributed by atoms with van der Waals surface area (Å²) in [4.78, 5) is 28.6. The summed E-state index contributed by atoms with van der Waals surface area (Å²) in [5.74, 6) is 0. The SMILES string of the molecule is CCC(=O)[S][Sn]([S]C(=O)CC)([CH]1c2ccc(C(C)(C)C)cc2-c2cc(C(C)(C)C)ccc21)[CH]1c2ccc(C(C)(C)C)cc2-c2cc(C(C)(C)C)ccc21. The van der Waals surface area contributed by atoms with Crippen molar-refractivity contribution in [2.75, 3.05) is 0 Å². The summed E-state index contributed by atoms with van der Waals surface area (Å²) in [6.45, 7) is 31.4. The molecule has 0 unspecified atom stereocenters. The first kappa shape index (κ1) is 40.4. The Hall–Kier alpha value is -2.28. The summed E-state index contributed by atoms with van der Waals surface area (Å²) >= 11 is -4.42. The summed E-state index contributed by atoms with van der Waals surface area (Å²) < 4.78 is -0.0153. The van der Waals surface area contributed by atoms with Crippen molar-refractivity contribution in [2.45, 2.75) is 139 Å². The topological polar surface area (TPSA) is 34.1 Å². The van der Waals surface area contributed by atoms with E-state index in [4.69, 9.17) is 0 Å². The fraction of sp³-hybridized carbons (Fsp3) is 0.458. The van der Waals surface area contributed by atoms with Crippen LogP contribution in [0.25, 0.3) is 22.3 Å². The summed E-state index contributed by atoms with van der Waals surface area (Å²) in [5, 5.41) is 0.412. The van der Waals surface area contributed by atoms with Crippen molar-refractivity contribution < 1.29 is 9.59 Å². The molecule has 0 radical (unpaired) electrons. The molecule has 0 aliphatic heterocycles. The van der Waals surface area contributed by atoms with E-state index < -0.39 is 15.6 Å². The quantitative estimate of drug-likeness (QED) is 0.181. The number of rotatable bonds is 6. The Morgan fingerprint density at radius 3 is 0.868 bits per heavy atom. The normalized spacial score (nSPS) is 14.9. The molecule has 0 N–H and O–H groups in total. The molecule has 0 fully saturated rings. The van der Waals surface area contributed by atoms with Crippen LogP contribution in [0.4, 0.5) is 0 Å². The third kappa shape index (κ3) is 7.40. The van der Waals surface area contributed by atoms with E-state index in [1.165, 1.54) is 66.8 Å². The van der Waals surface area contributed by atoms with Crippen LogP contribution in [0, 0.1) is 0 Å². The van der Waals surface area contributed by atoms with Crippen LogP contribution in [0.1, 0.15) is 162 Å². The van der Waals surface area contributed by atoms with E-state index >= 15 is 0 Å². The molecule has 0 heterocycles. The summed E-state index contributed by atoms with van der Waals surface area (Å²) in [5.41, 5.74) is 15.5. The second kappa shape index (κ2) is 14.0. The van der Waals surface area contributed by atoms with Gasteiger partial charge in [0.1, 0.15) is 0 Å². The molecule has 0 saturated heterocycles. The van der Waals surface area contributed by atoms with Crippen LogP contribution in [0.5, 0.6) is 0 Å². The van der Waals surface area contributed by atoms with Crippen molar-refractivity contribution in [1.29, 1.82) is 0 Å². The number of fused-ring (bicyclic) bond motifs is 6. The van der Waals surface area contributed by atoms with E-state index in [2.05, 4.69) is 156 Å². The van der Waals surface area contributed by atoms with Crippen LogP contribution < -0.4 is 0 Å². The number of benzene rings is 4. The third-order valence-corrected chi connectivity index (χ3v) is 40.3. The van der Waals surface area contributed by atoms with Crippen LogP contribution in [-0.4, -0.2) is 25.8 Å². The van der Waals surface area contributed by atoms with Gasteiger partial charge in [0.2, 0.25) is 0 Å². The van der Waals surface area contributed by atoms with Crippen molar-refractivity contribution in [3.8, 4) is 22.3 Å². The molecule has 0 amide bonds. The number of carbonyl (C=O) groups is 2. The molecule has 6 rings (SSSR count). The van der Waals surface area contributed by atoms with E-state index in [1.54, 1.807) is 17.9 Å². The van der Waals surface area contributed by atoms with E-state index in [-0.39, 0.29) is 39.8 Å². The number of carbonyl (C=O) groups excluding carboxylic acids is 2. The Morgan fingerprint density at radius 1 is 0.453 bits per heavy atom. The van der Waals surface area contributed by atoms with Gasteiger partial charge in [-0.2, -0.15) is 0 Å². The zero-order valence-corrected chi connectivity index (χ0v) is 39.1. The van der Waals surface area contributed by atoms with Gasteiger partial charge >= 0.3 is 332 Å². The van der Waals surface area contributed by atoms with Gasteiger partial charge in [-0.3, -0.25) is 0 Å². The molecule has 0 atom stereocenters. The van der Waals surface area contributed by atoms with Crippen LogP contribution in [0.3, 0.4) is 0 Å². The van der Waals surface area contributed by atoms with Gasteiger partial charge in [-0.25, -0.2) is 0 Å². The van der Waals surface area contributed by atoms with Gasteiger partial charge in [-0.1, -0.05) is 0 Å². The second-order valence-electron chi connectivity index (χ2n) is 19.5. The average molecular weight is 852 g/mol. The standard InChI is InChI=1S/2C21H25.2C3H6OS.Sn/c2*1-20(2,3)16-9-7-14-11-15-8-10-17(21(4,5)6)13-19(15)18(14)12-16;2*1-2-3(4)5;/h2*7-13H,1-6H3;2*2H2,1H3,(H,4,5);/q;;;;+2/p-2. The molecule has 280 valence electrons. The molecule has 4 aromatic carbocycles. The van der Waals surface area contributed by atoms with Crippen molar-refractivity contribution in [2.24, 2.45) is 0 Å². The second-order valence-corrected chi connectivity index (χ2v) is 42.5. The third-order valence-electron chi connectivity index (χ3n) is 11.4. The molecular formula is C48H60O2S2Sn. The number of hydrogen-bond acceptors (Lipinski definition) is 4. The Labute approximate surface area is 329 Å². The summed E-state index contributed by atoms with van der Waals surface area (Å²) in [6.07, 6.45) is 0.891. The Kier molecular flexibility index (Phi) is 10.7. The average Bonchev–Trinajstić information content (AvgIpc) is 3.58. The van der Waals surface area contributed by atoms with Crippen molar-refractivity contribution in [3.63, 3.8) is 0 Å². The van der Waals surface area contributed by atoms with E-state index in [0.717, 1.165) is 0 Å². The molecule has 2 aliphatic rings. The minimum absolute atomic E-state index is 0.00766. The first-order valence-electron chi connectivity index (χ1n) is 19.5. The Morgan fingerprint density at radius 2 is 0.679 bits per heavy atom. The summed E-state index contributed by atoms with van der Waals surface area (Å²) in [7, 11) is 3.27. The molecule has 53 heavy (non-hydrogen) atoms. The van der Waals surface area contributed by atoms with E-state index in [1.807, 2.05) is 13.8 Å². The molecule has 2 nitrogen and oxygen atoms in total. The zero-order valence-electron chi connectivity index (χ0n) is 34.6. The van der Waals surface area contributed by atoms with Crippen molar-refractivity contribution in [3.05, 3.63) is 117 Å². The zero-order chi connectivity index (χ0) is 39.1. The van der Waals surface area contributed by atoms with Gasteiger partial charge in [0.15, 0.2) is 0 Å². The molecule has 0 spiro atoms. The molecule has 0 bridgehead atoms. The van der Waals surface area contributed by atoms with Gasteiger partial charge < -0.3 is 0 Å². The van der Waals surface area contributed by atoms with Gasteiger partial charge in [-0.15, -0.1) is 0 Å². The Balaban J connectivity index is 1.76. The molecule has 5 heteroatoms. The maximum absolute atomic E-state index is 14.3. The van der Waals surface area contributed by atoms with Crippen LogP contribution >= 0.6 is 17.9 Å². The van der Waals surface area contributed by atoms with E-state index in [0.29, 0.717) is 12.8 Å². The molecular weight excluding hydrogens is 791 g/mol. The molecule has 4 aromatic rings. The monoisotopic (exact) mass is 852 g/mol. The van der Waals surface area contributed by atoms with Crippen LogP contribution in [-0.2, 0) is 31.2 Å². The minimum atomic E-state index is -4.42. The van der Waals surface area contributed by atoms with E-state index in [9.17, 15) is 9.59 Å². The number of hydrogen-bond donors (Lipinski definition) is 0. The summed E-state index contributed by atoms with van der Waals surface area (Å²) in [6, 6.07) is 28.5. The predicted octanol–water partition coefficient (Wildman–Crippen LogP) is 13.7. The fourth-order valence-corrected chi connectivity index (χ4v) is 42.8. The molecule has 2 aliphatic carbocycles. The molecule has 0 saturated carbocycles. The Bertz CT molecular complexity index is 1820. The fourth-order valence-electron chi connectivity index (χ4n) is 8.16. The molecule has 0 aromatic heterocycles. The van der Waals surface area contributed by atoms with Gasteiger partial charge in [0, 0.05) is 0 Å². The first-order valence-corrected chi connectivity index (χ1v) is 31.4. The predicted molar refractivity (Wildman–Crippen MR) is 234 cm³/mol. The first-order chi connectivity index (χ1) is 24.5. The maximum atomic E-state index is 14.3. The van der Waals surface area contributed by atoms with Gasteiger partial charge in [0.25, 0.3) is 0 Å². The van der Waals surface area contributed by atoms with Crippen molar-refractivity contribution >= 4 is 43.7 Å². The van der Waals surface area contributed by atoms with Crippen LogP contribution in [0.15, 0.2) is 72.8 Å². The van der Waals surface area contributed by atoms with Gasteiger partial charge in [-0.05, 0) is 0 Å². The van der Waals surface area contributed by atoms with Crippen molar-refractivity contribution in [1.82, 2.24) is 0 Å².